The Morgan fingerprint density at radius 2 is 2.29 bits per heavy atom. The Morgan fingerprint density at radius 3 is 3.06 bits per heavy atom. The minimum Gasteiger partial charge on any atom is -0.497 e. The van der Waals surface area contributed by atoms with Crippen LogP contribution in [0.15, 0.2) is 24.3 Å². The highest BCUT2D eigenvalue weighted by Crippen LogP contribution is 2.19. The fourth-order valence-corrected chi connectivity index (χ4v) is 2.37. The zero-order chi connectivity index (χ0) is 12.1. The quantitative estimate of drug-likeness (QED) is 0.866. The maximum absolute atomic E-state index is 5.22. The van der Waals surface area contributed by atoms with Gasteiger partial charge in [-0.15, -0.1) is 0 Å². The van der Waals surface area contributed by atoms with Gasteiger partial charge in [-0.3, -0.25) is 0 Å². The Hall–Kier alpha value is -1.22. The third-order valence-corrected chi connectivity index (χ3v) is 3.53. The minimum absolute atomic E-state index is 0.662. The van der Waals surface area contributed by atoms with Crippen molar-refractivity contribution in [3.63, 3.8) is 0 Å². The van der Waals surface area contributed by atoms with E-state index in [1.165, 1.54) is 25.8 Å². The minimum atomic E-state index is 0.662. The highest BCUT2D eigenvalue weighted by Gasteiger charge is 2.18. The van der Waals surface area contributed by atoms with Crippen LogP contribution in [0.4, 0.5) is 5.69 Å². The van der Waals surface area contributed by atoms with Gasteiger partial charge in [-0.05, 0) is 38.6 Å². The predicted octanol–water partition coefficient (Wildman–Crippen LogP) is 2.59. The van der Waals surface area contributed by atoms with Crippen molar-refractivity contribution in [1.82, 2.24) is 4.90 Å². The highest BCUT2D eigenvalue weighted by molar-refractivity contribution is 5.48. The predicted molar refractivity (Wildman–Crippen MR) is 71.8 cm³/mol. The molecule has 94 valence electrons. The van der Waals surface area contributed by atoms with Gasteiger partial charge in [0, 0.05) is 24.3 Å². The van der Waals surface area contributed by atoms with Crippen molar-refractivity contribution in [1.29, 1.82) is 0 Å². The molecule has 0 spiro atoms. The van der Waals surface area contributed by atoms with Crippen LogP contribution in [0.5, 0.6) is 5.75 Å². The number of likely N-dealkylation sites (N-methyl/N-ethyl adjacent to an activating group) is 1. The van der Waals surface area contributed by atoms with Crippen LogP contribution in [0, 0.1) is 0 Å². The van der Waals surface area contributed by atoms with E-state index in [4.69, 9.17) is 4.74 Å². The standard InChI is InChI=1S/C14H22N2O/c1-16-9-4-3-7-13(16)11-15-12-6-5-8-14(10-12)17-2/h5-6,8,10,13,15H,3-4,7,9,11H2,1-2H3. The van der Waals surface area contributed by atoms with E-state index in [-0.39, 0.29) is 0 Å². The third kappa shape index (κ3) is 3.37. The van der Waals surface area contributed by atoms with Crippen LogP contribution in [-0.4, -0.2) is 38.2 Å². The number of anilines is 1. The van der Waals surface area contributed by atoms with Gasteiger partial charge >= 0.3 is 0 Å². The largest absolute Gasteiger partial charge is 0.497 e. The Bertz CT molecular complexity index is 354. The van der Waals surface area contributed by atoms with E-state index >= 15 is 0 Å². The fourth-order valence-electron chi connectivity index (χ4n) is 2.37. The third-order valence-electron chi connectivity index (χ3n) is 3.53. The molecule has 0 bridgehead atoms. The van der Waals surface area contributed by atoms with Gasteiger partial charge in [0.25, 0.3) is 0 Å². The molecule has 1 unspecified atom stereocenters. The molecule has 0 radical (unpaired) electrons. The molecule has 1 heterocycles. The summed E-state index contributed by atoms with van der Waals surface area (Å²) in [6.45, 7) is 2.24. The van der Waals surface area contributed by atoms with Gasteiger partial charge < -0.3 is 15.0 Å². The van der Waals surface area contributed by atoms with Crippen LogP contribution in [-0.2, 0) is 0 Å². The monoisotopic (exact) mass is 234 g/mol. The molecule has 0 aromatic heterocycles. The molecule has 1 aromatic rings. The van der Waals surface area contributed by atoms with Crippen molar-refractivity contribution >= 4 is 5.69 Å². The average Bonchev–Trinajstić information content (AvgIpc) is 2.38. The molecule has 17 heavy (non-hydrogen) atoms. The molecular formula is C14H22N2O. The van der Waals surface area contributed by atoms with Gasteiger partial charge in [-0.1, -0.05) is 12.5 Å². The molecule has 1 fully saturated rings. The summed E-state index contributed by atoms with van der Waals surface area (Å²) in [5, 5.41) is 3.50. The van der Waals surface area contributed by atoms with Crippen LogP contribution in [0.2, 0.25) is 0 Å². The van der Waals surface area contributed by atoms with E-state index in [9.17, 15) is 0 Å². The lowest BCUT2D eigenvalue weighted by atomic mass is 10.0. The molecule has 1 atom stereocenters. The van der Waals surface area contributed by atoms with E-state index in [1.54, 1.807) is 7.11 Å². The normalized spacial score (nSPS) is 21.2. The highest BCUT2D eigenvalue weighted by atomic mass is 16.5. The second kappa shape index (κ2) is 5.92. The van der Waals surface area contributed by atoms with Crippen molar-refractivity contribution in [2.75, 3.05) is 32.6 Å². The molecule has 1 aromatic carbocycles. The van der Waals surface area contributed by atoms with Crippen molar-refractivity contribution in [2.45, 2.75) is 25.3 Å². The Labute approximate surface area is 104 Å². The Kier molecular flexibility index (Phi) is 4.26. The summed E-state index contributed by atoms with van der Waals surface area (Å²) in [6, 6.07) is 8.78. The molecular weight excluding hydrogens is 212 g/mol. The number of nitrogens with one attached hydrogen (secondary N) is 1. The number of nitrogens with zero attached hydrogens (tertiary/aromatic N) is 1. The van der Waals surface area contributed by atoms with E-state index in [0.717, 1.165) is 18.0 Å². The summed E-state index contributed by atoms with van der Waals surface area (Å²) in [5.41, 5.74) is 1.14. The molecule has 1 aliphatic heterocycles. The zero-order valence-corrected chi connectivity index (χ0v) is 10.8. The SMILES string of the molecule is COc1cccc(NCC2CCCCN2C)c1. The molecule has 0 amide bonds. The number of methoxy groups -OCH3 is 1. The van der Waals surface area contributed by atoms with E-state index in [2.05, 4.69) is 23.3 Å². The summed E-state index contributed by atoms with van der Waals surface area (Å²) in [5.74, 6) is 0.909. The molecule has 1 aliphatic rings. The number of hydrogen-bond acceptors (Lipinski definition) is 3. The first-order chi connectivity index (χ1) is 8.29. The van der Waals surface area contributed by atoms with Crippen molar-refractivity contribution in [3.8, 4) is 5.75 Å². The molecule has 0 aliphatic carbocycles. The van der Waals surface area contributed by atoms with Crippen molar-refractivity contribution in [2.24, 2.45) is 0 Å². The number of rotatable bonds is 4. The summed E-state index contributed by atoms with van der Waals surface area (Å²) in [4.78, 5) is 2.46. The van der Waals surface area contributed by atoms with Crippen LogP contribution >= 0.6 is 0 Å². The second-order valence-electron chi connectivity index (χ2n) is 4.74. The molecule has 1 N–H and O–H groups in total. The van der Waals surface area contributed by atoms with Crippen LogP contribution in [0.3, 0.4) is 0 Å². The first-order valence-corrected chi connectivity index (χ1v) is 6.38. The summed E-state index contributed by atoms with van der Waals surface area (Å²) >= 11 is 0. The van der Waals surface area contributed by atoms with Crippen LogP contribution in [0.1, 0.15) is 19.3 Å². The fraction of sp³-hybridized carbons (Fsp3) is 0.571. The van der Waals surface area contributed by atoms with Crippen LogP contribution in [0.25, 0.3) is 0 Å². The smallest absolute Gasteiger partial charge is 0.120 e. The summed E-state index contributed by atoms with van der Waals surface area (Å²) in [7, 11) is 3.92. The molecule has 2 rings (SSSR count). The maximum atomic E-state index is 5.22. The lowest BCUT2D eigenvalue weighted by Crippen LogP contribution is -2.40. The first kappa shape index (κ1) is 12.2. The number of ether oxygens (including phenoxy) is 1. The van der Waals surface area contributed by atoms with Gasteiger partial charge in [0.2, 0.25) is 0 Å². The molecule has 0 saturated carbocycles. The maximum Gasteiger partial charge on any atom is 0.120 e. The lowest BCUT2D eigenvalue weighted by molar-refractivity contribution is 0.194. The van der Waals surface area contributed by atoms with Gasteiger partial charge in [0.05, 0.1) is 7.11 Å². The molecule has 1 saturated heterocycles. The zero-order valence-electron chi connectivity index (χ0n) is 10.8. The van der Waals surface area contributed by atoms with Gasteiger partial charge in [0.15, 0.2) is 0 Å². The second-order valence-corrected chi connectivity index (χ2v) is 4.74. The topological polar surface area (TPSA) is 24.5 Å². The van der Waals surface area contributed by atoms with E-state index in [1.807, 2.05) is 18.2 Å². The van der Waals surface area contributed by atoms with Crippen molar-refractivity contribution < 1.29 is 4.74 Å². The lowest BCUT2D eigenvalue weighted by Gasteiger charge is -2.32. The number of hydrogen-bond donors (Lipinski definition) is 1. The Morgan fingerprint density at radius 1 is 1.41 bits per heavy atom. The first-order valence-electron chi connectivity index (χ1n) is 6.38. The average molecular weight is 234 g/mol. The Balaban J connectivity index is 1.88. The van der Waals surface area contributed by atoms with E-state index < -0.39 is 0 Å². The molecule has 3 nitrogen and oxygen atoms in total. The van der Waals surface area contributed by atoms with Gasteiger partial charge in [0.1, 0.15) is 5.75 Å². The number of benzene rings is 1. The van der Waals surface area contributed by atoms with E-state index in [0.29, 0.717) is 6.04 Å². The van der Waals surface area contributed by atoms with Crippen LogP contribution < -0.4 is 10.1 Å². The van der Waals surface area contributed by atoms with Crippen molar-refractivity contribution in [3.05, 3.63) is 24.3 Å². The summed E-state index contributed by atoms with van der Waals surface area (Å²) < 4.78 is 5.22. The van der Waals surface area contributed by atoms with Gasteiger partial charge in [-0.25, -0.2) is 0 Å². The number of likely N-dealkylation sites (tertiary alicyclic amines) is 1. The molecule has 3 heteroatoms. The van der Waals surface area contributed by atoms with Gasteiger partial charge in [-0.2, -0.15) is 0 Å². The summed E-state index contributed by atoms with van der Waals surface area (Å²) in [6.07, 6.45) is 3.99. The number of piperidine rings is 1.